The van der Waals surface area contributed by atoms with Crippen molar-refractivity contribution in [1.82, 2.24) is 15.8 Å². The Morgan fingerprint density at radius 3 is 2.82 bits per heavy atom. The Kier molecular flexibility index (Phi) is 4.73. The van der Waals surface area contributed by atoms with Gasteiger partial charge in [-0.25, -0.2) is 4.99 Å². The first-order chi connectivity index (χ1) is 10.8. The lowest BCUT2D eigenvalue weighted by Gasteiger charge is -2.09. The molecule has 5 heteroatoms. The Hall–Kier alpha value is -2.30. The molecule has 22 heavy (non-hydrogen) atoms. The number of guanidine groups is 1. The van der Waals surface area contributed by atoms with Crippen LogP contribution >= 0.6 is 0 Å². The van der Waals surface area contributed by atoms with E-state index in [1.807, 2.05) is 36.4 Å². The summed E-state index contributed by atoms with van der Waals surface area (Å²) in [6, 6.07) is 11.9. The third-order valence-corrected chi connectivity index (χ3v) is 3.62. The third kappa shape index (κ3) is 4.10. The maximum atomic E-state index is 5.39. The number of nitrogens with zero attached hydrogens (tertiary/aromatic N) is 2. The van der Waals surface area contributed by atoms with E-state index in [9.17, 15) is 0 Å². The summed E-state index contributed by atoms with van der Waals surface area (Å²) in [7, 11) is 0. The molecule has 1 aromatic heterocycles. The van der Waals surface area contributed by atoms with Crippen molar-refractivity contribution in [2.45, 2.75) is 26.3 Å². The molecule has 1 heterocycles. The fraction of sp³-hybridized carbons (Fsp3) is 0.412. The first-order valence-corrected chi connectivity index (χ1v) is 7.88. The van der Waals surface area contributed by atoms with Crippen LogP contribution in [0.5, 0.6) is 0 Å². The average molecular weight is 298 g/mol. The summed E-state index contributed by atoms with van der Waals surface area (Å²) in [5, 5.41) is 10.7. The standard InChI is InChI=1S/C17H22N4O/c1-2-18-17(19-11-13-8-9-13)20-12-15-10-16(22-21-15)14-6-4-3-5-7-14/h3-7,10,13H,2,8-9,11-12H2,1H3,(H2,18,19,20). The van der Waals surface area contributed by atoms with Crippen molar-refractivity contribution in [1.29, 1.82) is 0 Å². The molecular formula is C17H22N4O. The minimum absolute atomic E-state index is 0.510. The third-order valence-electron chi connectivity index (χ3n) is 3.62. The molecule has 0 bridgehead atoms. The zero-order chi connectivity index (χ0) is 15.2. The van der Waals surface area contributed by atoms with E-state index in [1.165, 1.54) is 12.8 Å². The van der Waals surface area contributed by atoms with E-state index in [0.717, 1.165) is 42.0 Å². The van der Waals surface area contributed by atoms with Crippen molar-refractivity contribution < 1.29 is 4.52 Å². The van der Waals surface area contributed by atoms with Crippen LogP contribution in [0.2, 0.25) is 0 Å². The van der Waals surface area contributed by atoms with Gasteiger partial charge in [-0.1, -0.05) is 35.5 Å². The second kappa shape index (κ2) is 7.11. The van der Waals surface area contributed by atoms with Crippen LogP contribution in [0.15, 0.2) is 45.9 Å². The highest BCUT2D eigenvalue weighted by molar-refractivity contribution is 5.79. The molecule has 0 aliphatic heterocycles. The summed E-state index contributed by atoms with van der Waals surface area (Å²) in [6.45, 7) is 4.43. The van der Waals surface area contributed by atoms with E-state index in [2.05, 4.69) is 27.7 Å². The summed E-state index contributed by atoms with van der Waals surface area (Å²) in [5.74, 6) is 2.45. The van der Waals surface area contributed by atoms with Crippen molar-refractivity contribution in [3.63, 3.8) is 0 Å². The van der Waals surface area contributed by atoms with Gasteiger partial charge >= 0.3 is 0 Å². The maximum absolute atomic E-state index is 5.39. The zero-order valence-electron chi connectivity index (χ0n) is 12.9. The largest absolute Gasteiger partial charge is 0.357 e. The number of aromatic nitrogens is 1. The van der Waals surface area contributed by atoms with E-state index < -0.39 is 0 Å². The predicted octanol–water partition coefficient (Wildman–Crippen LogP) is 2.81. The number of hydrogen-bond donors (Lipinski definition) is 2. The van der Waals surface area contributed by atoms with Gasteiger partial charge in [0, 0.05) is 24.7 Å². The molecule has 3 rings (SSSR count). The van der Waals surface area contributed by atoms with Crippen molar-refractivity contribution in [3.8, 4) is 11.3 Å². The van der Waals surface area contributed by atoms with E-state index in [1.54, 1.807) is 0 Å². The molecule has 0 atom stereocenters. The second-order valence-electron chi connectivity index (χ2n) is 5.57. The minimum Gasteiger partial charge on any atom is -0.357 e. The second-order valence-corrected chi connectivity index (χ2v) is 5.57. The van der Waals surface area contributed by atoms with Gasteiger partial charge < -0.3 is 15.2 Å². The minimum atomic E-state index is 0.510. The molecular weight excluding hydrogens is 276 g/mol. The van der Waals surface area contributed by atoms with Gasteiger partial charge in [-0.05, 0) is 25.7 Å². The van der Waals surface area contributed by atoms with Crippen LogP contribution in [0.4, 0.5) is 0 Å². The van der Waals surface area contributed by atoms with Crippen molar-refractivity contribution >= 4 is 5.96 Å². The molecule has 1 aromatic carbocycles. The molecule has 0 saturated heterocycles. The van der Waals surface area contributed by atoms with Gasteiger partial charge in [0.25, 0.3) is 0 Å². The fourth-order valence-corrected chi connectivity index (χ4v) is 2.19. The molecule has 5 nitrogen and oxygen atoms in total. The number of aliphatic imine (C=N–C) groups is 1. The molecule has 1 saturated carbocycles. The fourth-order valence-electron chi connectivity index (χ4n) is 2.19. The summed E-state index contributed by atoms with van der Waals surface area (Å²) in [6.07, 6.45) is 2.66. The highest BCUT2D eigenvalue weighted by Crippen LogP contribution is 2.27. The topological polar surface area (TPSA) is 62.5 Å². The smallest absolute Gasteiger partial charge is 0.191 e. The van der Waals surface area contributed by atoms with Crippen LogP contribution in [0, 0.1) is 5.92 Å². The molecule has 2 aromatic rings. The van der Waals surface area contributed by atoms with Crippen LogP contribution in [0.3, 0.4) is 0 Å². The van der Waals surface area contributed by atoms with Gasteiger partial charge in [0.2, 0.25) is 0 Å². The first kappa shape index (κ1) is 14.6. The molecule has 1 aliphatic rings. The van der Waals surface area contributed by atoms with Gasteiger partial charge in [0.05, 0.1) is 6.54 Å². The van der Waals surface area contributed by atoms with E-state index in [-0.39, 0.29) is 0 Å². The average Bonchev–Trinajstić information content (AvgIpc) is 3.27. The molecule has 0 unspecified atom stereocenters. The van der Waals surface area contributed by atoms with Crippen LogP contribution in [0.25, 0.3) is 11.3 Å². The van der Waals surface area contributed by atoms with E-state index >= 15 is 0 Å². The lowest BCUT2D eigenvalue weighted by Crippen LogP contribution is -2.38. The molecule has 2 N–H and O–H groups in total. The normalized spacial score (nSPS) is 14.9. The van der Waals surface area contributed by atoms with E-state index in [4.69, 9.17) is 4.52 Å². The number of rotatable bonds is 6. The number of hydrogen-bond acceptors (Lipinski definition) is 3. The Bertz CT molecular complexity index is 617. The summed E-state index contributed by atoms with van der Waals surface area (Å²) >= 11 is 0. The lowest BCUT2D eigenvalue weighted by atomic mass is 10.2. The van der Waals surface area contributed by atoms with Crippen molar-refractivity contribution in [3.05, 3.63) is 42.1 Å². The Labute approximate surface area is 130 Å². The predicted molar refractivity (Wildman–Crippen MR) is 87.5 cm³/mol. The summed E-state index contributed by atoms with van der Waals surface area (Å²) in [5.41, 5.74) is 1.87. The monoisotopic (exact) mass is 298 g/mol. The summed E-state index contributed by atoms with van der Waals surface area (Å²) in [4.78, 5) is 4.56. The van der Waals surface area contributed by atoms with Crippen LogP contribution in [-0.4, -0.2) is 24.2 Å². The molecule has 0 radical (unpaired) electrons. The summed E-state index contributed by atoms with van der Waals surface area (Å²) < 4.78 is 5.39. The molecule has 0 spiro atoms. The highest BCUT2D eigenvalue weighted by atomic mass is 16.5. The maximum Gasteiger partial charge on any atom is 0.191 e. The number of nitrogens with one attached hydrogen (secondary N) is 2. The Morgan fingerprint density at radius 1 is 1.27 bits per heavy atom. The molecule has 0 amide bonds. The molecule has 1 fully saturated rings. The van der Waals surface area contributed by atoms with Gasteiger partial charge in [-0.15, -0.1) is 0 Å². The molecule has 116 valence electrons. The first-order valence-electron chi connectivity index (χ1n) is 7.88. The molecule has 1 aliphatic carbocycles. The van der Waals surface area contributed by atoms with Crippen molar-refractivity contribution in [2.24, 2.45) is 10.9 Å². The Morgan fingerprint density at radius 2 is 2.09 bits per heavy atom. The number of benzene rings is 1. The quantitative estimate of drug-likeness (QED) is 0.636. The van der Waals surface area contributed by atoms with Gasteiger partial charge in [0.1, 0.15) is 5.69 Å². The van der Waals surface area contributed by atoms with Crippen molar-refractivity contribution in [2.75, 3.05) is 13.1 Å². The lowest BCUT2D eigenvalue weighted by molar-refractivity contribution is 0.424. The SMILES string of the molecule is CCNC(=NCc1cc(-c2ccccc2)on1)NCC1CC1. The van der Waals surface area contributed by atoms with Gasteiger partial charge in [-0.3, -0.25) is 0 Å². The van der Waals surface area contributed by atoms with Gasteiger partial charge in [-0.2, -0.15) is 0 Å². The van der Waals surface area contributed by atoms with Crippen LogP contribution in [0.1, 0.15) is 25.5 Å². The van der Waals surface area contributed by atoms with E-state index in [0.29, 0.717) is 6.54 Å². The van der Waals surface area contributed by atoms with Gasteiger partial charge in [0.15, 0.2) is 11.7 Å². The van der Waals surface area contributed by atoms with Crippen LogP contribution in [-0.2, 0) is 6.54 Å². The van der Waals surface area contributed by atoms with Crippen LogP contribution < -0.4 is 10.6 Å². The highest BCUT2D eigenvalue weighted by Gasteiger charge is 2.21. The zero-order valence-corrected chi connectivity index (χ0v) is 12.9. The Balaban J connectivity index is 1.61.